The van der Waals surface area contributed by atoms with E-state index in [0.717, 1.165) is 26.1 Å². The summed E-state index contributed by atoms with van der Waals surface area (Å²) in [5.74, 6) is 1.14. The van der Waals surface area contributed by atoms with Gasteiger partial charge < -0.3 is 14.5 Å². The molecular weight excluding hydrogens is 268 g/mol. The summed E-state index contributed by atoms with van der Waals surface area (Å²) in [7, 11) is 1.98. The van der Waals surface area contributed by atoms with Crippen LogP contribution in [0.4, 0.5) is 10.7 Å². The summed E-state index contributed by atoms with van der Waals surface area (Å²) in [5.41, 5.74) is -0.441. The smallest absolute Gasteiger partial charge is 0.410 e. The molecule has 0 saturated carbocycles. The topological polar surface area (TPSA) is 58.6 Å². The number of amides is 1. The number of carbonyl (C=O) groups excluding carboxylic acids is 1. The van der Waals surface area contributed by atoms with Crippen LogP contribution in [0.1, 0.15) is 27.2 Å². The molecule has 0 radical (unpaired) electrons. The molecule has 1 aliphatic heterocycles. The van der Waals surface area contributed by atoms with Crippen LogP contribution in [0.5, 0.6) is 0 Å². The minimum atomic E-state index is -0.441. The highest BCUT2D eigenvalue weighted by Crippen LogP contribution is 2.21. The molecule has 1 aromatic rings. The van der Waals surface area contributed by atoms with Crippen molar-refractivity contribution in [3.63, 3.8) is 0 Å². The zero-order valence-corrected chi connectivity index (χ0v) is 13.2. The van der Waals surface area contributed by atoms with Crippen molar-refractivity contribution >= 4 is 12.0 Å². The fraction of sp³-hybridized carbons (Fsp3) is 0.667. The van der Waals surface area contributed by atoms with Gasteiger partial charge in [0.05, 0.1) is 0 Å². The first-order chi connectivity index (χ1) is 9.85. The molecule has 1 aliphatic rings. The van der Waals surface area contributed by atoms with Gasteiger partial charge in [0, 0.05) is 39.1 Å². The van der Waals surface area contributed by atoms with Crippen molar-refractivity contribution in [1.82, 2.24) is 14.9 Å². The molecular formula is C15H24N4O2. The van der Waals surface area contributed by atoms with E-state index in [9.17, 15) is 4.79 Å². The maximum Gasteiger partial charge on any atom is 0.410 e. The van der Waals surface area contributed by atoms with Gasteiger partial charge in [-0.1, -0.05) is 0 Å². The van der Waals surface area contributed by atoms with Crippen molar-refractivity contribution in [1.29, 1.82) is 0 Å². The quantitative estimate of drug-likeness (QED) is 0.854. The van der Waals surface area contributed by atoms with Gasteiger partial charge >= 0.3 is 6.09 Å². The monoisotopic (exact) mass is 292 g/mol. The molecule has 6 nitrogen and oxygen atoms in total. The van der Waals surface area contributed by atoms with Crippen LogP contribution in [-0.2, 0) is 4.74 Å². The maximum absolute atomic E-state index is 12.0. The van der Waals surface area contributed by atoms with Crippen LogP contribution in [0.2, 0.25) is 0 Å². The zero-order valence-electron chi connectivity index (χ0n) is 13.2. The molecule has 6 heteroatoms. The maximum atomic E-state index is 12.0. The van der Waals surface area contributed by atoms with Gasteiger partial charge in [0.15, 0.2) is 0 Å². The number of hydrogen-bond donors (Lipinski definition) is 0. The van der Waals surface area contributed by atoms with E-state index in [-0.39, 0.29) is 6.09 Å². The Morgan fingerprint density at radius 1 is 1.43 bits per heavy atom. The lowest BCUT2D eigenvalue weighted by Gasteiger charge is -2.25. The Morgan fingerprint density at radius 2 is 2.10 bits per heavy atom. The molecule has 1 atom stereocenters. The van der Waals surface area contributed by atoms with Crippen LogP contribution < -0.4 is 4.90 Å². The van der Waals surface area contributed by atoms with Gasteiger partial charge in [-0.2, -0.15) is 0 Å². The number of nitrogens with zero attached hydrogens (tertiary/aromatic N) is 4. The van der Waals surface area contributed by atoms with Gasteiger partial charge in [-0.3, -0.25) is 0 Å². The van der Waals surface area contributed by atoms with Crippen molar-refractivity contribution in [3.05, 3.63) is 18.5 Å². The summed E-state index contributed by atoms with van der Waals surface area (Å²) < 4.78 is 5.41. The summed E-state index contributed by atoms with van der Waals surface area (Å²) in [6.07, 6.45) is 4.24. The van der Waals surface area contributed by atoms with Gasteiger partial charge in [-0.15, -0.1) is 0 Å². The van der Waals surface area contributed by atoms with Crippen LogP contribution in [0.15, 0.2) is 18.5 Å². The lowest BCUT2D eigenvalue weighted by molar-refractivity contribution is 0.0288. The summed E-state index contributed by atoms with van der Waals surface area (Å²) in [6.45, 7) is 7.98. The highest BCUT2D eigenvalue weighted by Gasteiger charge is 2.30. The van der Waals surface area contributed by atoms with Crippen molar-refractivity contribution in [3.8, 4) is 0 Å². The zero-order chi connectivity index (χ0) is 15.5. The normalized spacial score (nSPS) is 18.7. The second-order valence-corrected chi connectivity index (χ2v) is 6.51. The Balaban J connectivity index is 1.84. The van der Waals surface area contributed by atoms with Crippen LogP contribution in [0.25, 0.3) is 0 Å². The molecule has 1 fully saturated rings. The summed E-state index contributed by atoms with van der Waals surface area (Å²) >= 11 is 0. The van der Waals surface area contributed by atoms with Crippen molar-refractivity contribution in [2.75, 3.05) is 31.6 Å². The molecule has 0 N–H and O–H groups in total. The van der Waals surface area contributed by atoms with Gasteiger partial charge in [-0.05, 0) is 39.2 Å². The Morgan fingerprint density at radius 3 is 2.71 bits per heavy atom. The second kappa shape index (κ2) is 6.28. The van der Waals surface area contributed by atoms with Crippen LogP contribution in [0, 0.1) is 5.92 Å². The molecule has 0 bridgehead atoms. The van der Waals surface area contributed by atoms with Crippen molar-refractivity contribution < 1.29 is 9.53 Å². The summed E-state index contributed by atoms with van der Waals surface area (Å²) in [5, 5.41) is 0. The first kappa shape index (κ1) is 15.5. The lowest BCUT2D eigenvalue weighted by atomic mass is 10.1. The van der Waals surface area contributed by atoms with E-state index in [1.807, 2.05) is 32.7 Å². The van der Waals surface area contributed by atoms with Gasteiger partial charge in [0.2, 0.25) is 5.95 Å². The number of aromatic nitrogens is 2. The third-order valence-electron chi connectivity index (χ3n) is 3.36. The number of anilines is 1. The highest BCUT2D eigenvalue weighted by atomic mass is 16.6. The van der Waals surface area contributed by atoms with E-state index in [0.29, 0.717) is 11.9 Å². The molecule has 21 heavy (non-hydrogen) atoms. The molecule has 1 saturated heterocycles. The largest absolute Gasteiger partial charge is 0.444 e. The van der Waals surface area contributed by atoms with Crippen molar-refractivity contribution in [2.45, 2.75) is 32.8 Å². The third kappa shape index (κ3) is 4.58. The van der Waals surface area contributed by atoms with Crippen molar-refractivity contribution in [2.24, 2.45) is 5.92 Å². The fourth-order valence-corrected chi connectivity index (χ4v) is 2.43. The molecule has 0 spiro atoms. The summed E-state index contributed by atoms with van der Waals surface area (Å²) in [6, 6.07) is 1.80. The molecule has 1 aromatic heterocycles. The van der Waals surface area contributed by atoms with E-state index in [2.05, 4.69) is 9.97 Å². The molecule has 0 unspecified atom stereocenters. The number of carbonyl (C=O) groups is 1. The fourth-order valence-electron chi connectivity index (χ4n) is 2.43. The molecule has 0 aromatic carbocycles. The molecule has 0 aliphatic carbocycles. The minimum Gasteiger partial charge on any atom is -0.444 e. The Hall–Kier alpha value is -1.85. The predicted molar refractivity (Wildman–Crippen MR) is 81.2 cm³/mol. The van der Waals surface area contributed by atoms with E-state index >= 15 is 0 Å². The number of ether oxygens (including phenoxy) is 1. The van der Waals surface area contributed by atoms with E-state index < -0.39 is 5.60 Å². The van der Waals surface area contributed by atoms with Crippen LogP contribution in [0.3, 0.4) is 0 Å². The standard InChI is InChI=1S/C15H24N4O2/c1-15(2,3)21-14(20)19-9-6-12(11-19)10-18(4)13-16-7-5-8-17-13/h5,7-8,12H,6,9-11H2,1-4H3/t12-/m1/s1. The first-order valence-electron chi connectivity index (χ1n) is 7.31. The van der Waals surface area contributed by atoms with Gasteiger partial charge in [-0.25, -0.2) is 14.8 Å². The Bertz CT molecular complexity index is 472. The van der Waals surface area contributed by atoms with E-state index in [4.69, 9.17) is 4.74 Å². The predicted octanol–water partition coefficient (Wildman–Crippen LogP) is 2.17. The number of hydrogen-bond acceptors (Lipinski definition) is 5. The van der Waals surface area contributed by atoms with Crippen LogP contribution in [-0.4, -0.2) is 53.2 Å². The Labute approximate surface area is 126 Å². The van der Waals surface area contributed by atoms with Gasteiger partial charge in [0.25, 0.3) is 0 Å². The number of likely N-dealkylation sites (tertiary alicyclic amines) is 1. The average Bonchev–Trinajstić information content (AvgIpc) is 2.86. The SMILES string of the molecule is CN(C[C@H]1CCN(C(=O)OC(C)(C)C)C1)c1ncccn1. The Kier molecular flexibility index (Phi) is 4.65. The van der Waals surface area contributed by atoms with E-state index in [1.165, 1.54) is 0 Å². The summed E-state index contributed by atoms with van der Waals surface area (Å²) in [4.78, 5) is 24.3. The third-order valence-corrected chi connectivity index (χ3v) is 3.36. The molecule has 1 amide bonds. The first-order valence-corrected chi connectivity index (χ1v) is 7.31. The molecule has 2 heterocycles. The van der Waals surface area contributed by atoms with Crippen LogP contribution >= 0.6 is 0 Å². The van der Waals surface area contributed by atoms with Gasteiger partial charge in [0.1, 0.15) is 5.60 Å². The molecule has 2 rings (SSSR count). The average molecular weight is 292 g/mol. The minimum absolute atomic E-state index is 0.219. The highest BCUT2D eigenvalue weighted by molar-refractivity contribution is 5.68. The number of rotatable bonds is 3. The van der Waals surface area contributed by atoms with E-state index in [1.54, 1.807) is 23.4 Å². The lowest BCUT2D eigenvalue weighted by Crippen LogP contribution is -2.36. The molecule has 116 valence electrons. The second-order valence-electron chi connectivity index (χ2n) is 6.51.